The van der Waals surface area contributed by atoms with Gasteiger partial charge in [-0.3, -0.25) is 0 Å². The van der Waals surface area contributed by atoms with Gasteiger partial charge in [0, 0.05) is 0 Å². The molecule has 108 valence electrons. The fraction of sp³-hybridized carbons (Fsp3) is 0.684. The minimum atomic E-state index is -0.517. The molecule has 0 saturated heterocycles. The van der Waals surface area contributed by atoms with E-state index >= 15 is 0 Å². The lowest BCUT2D eigenvalue weighted by molar-refractivity contribution is -0.179. The van der Waals surface area contributed by atoms with Crippen molar-refractivity contribution in [3.05, 3.63) is 35.4 Å². The summed E-state index contributed by atoms with van der Waals surface area (Å²) in [6.07, 6.45) is 8.81. The third-order valence-corrected chi connectivity index (χ3v) is 6.31. The molecular weight excluding hydrogens is 244 g/mol. The second kappa shape index (κ2) is 4.59. The molecule has 4 saturated carbocycles. The molecule has 1 aromatic carbocycles. The van der Waals surface area contributed by atoms with Crippen molar-refractivity contribution >= 4 is 0 Å². The zero-order valence-corrected chi connectivity index (χ0v) is 12.5. The Morgan fingerprint density at radius 1 is 1.05 bits per heavy atom. The number of hydrogen-bond donors (Lipinski definition) is 1. The average Bonchev–Trinajstić information content (AvgIpc) is 2.44. The van der Waals surface area contributed by atoms with Crippen LogP contribution in [0, 0.1) is 23.7 Å². The van der Waals surface area contributed by atoms with Crippen molar-refractivity contribution in [3.8, 4) is 0 Å². The molecule has 20 heavy (non-hydrogen) atoms. The van der Waals surface area contributed by atoms with E-state index in [1.165, 1.54) is 49.7 Å². The predicted octanol–water partition coefficient (Wildman–Crippen LogP) is 4.28. The molecule has 4 aliphatic carbocycles. The van der Waals surface area contributed by atoms with E-state index in [0.29, 0.717) is 11.8 Å². The van der Waals surface area contributed by atoms with Crippen molar-refractivity contribution in [1.82, 2.24) is 0 Å². The minimum Gasteiger partial charge on any atom is -0.385 e. The Hall–Kier alpha value is -0.820. The van der Waals surface area contributed by atoms with Gasteiger partial charge < -0.3 is 5.11 Å². The molecule has 4 bridgehead atoms. The first-order chi connectivity index (χ1) is 9.70. The first kappa shape index (κ1) is 12.9. The lowest BCUT2D eigenvalue weighted by atomic mass is 9.48. The van der Waals surface area contributed by atoms with Crippen molar-refractivity contribution in [3.63, 3.8) is 0 Å². The van der Waals surface area contributed by atoms with Crippen LogP contribution in [0.2, 0.25) is 0 Å². The largest absolute Gasteiger partial charge is 0.385 e. The molecule has 4 fully saturated rings. The van der Waals surface area contributed by atoms with Gasteiger partial charge in [-0.25, -0.2) is 0 Å². The third-order valence-electron chi connectivity index (χ3n) is 6.31. The highest BCUT2D eigenvalue weighted by Gasteiger charge is 2.57. The van der Waals surface area contributed by atoms with Crippen LogP contribution in [-0.4, -0.2) is 5.11 Å². The normalized spacial score (nSPS) is 42.1. The third kappa shape index (κ3) is 1.79. The van der Waals surface area contributed by atoms with Gasteiger partial charge in [-0.05, 0) is 73.3 Å². The van der Waals surface area contributed by atoms with Crippen molar-refractivity contribution in [2.24, 2.45) is 23.7 Å². The maximum Gasteiger partial charge on any atom is 0.0953 e. The van der Waals surface area contributed by atoms with E-state index in [2.05, 4.69) is 31.2 Å². The van der Waals surface area contributed by atoms with Crippen LogP contribution in [0.15, 0.2) is 24.3 Å². The smallest absolute Gasteiger partial charge is 0.0953 e. The standard InChI is InChI=1S/C19H26O/c1-2-4-13-5-3-6-16(8-13)19(20)17-9-14-7-15(11-17)12-18(19)10-14/h3,5-6,8,14-15,17-18,20H,2,4,7,9-12H2,1H3. The van der Waals surface area contributed by atoms with Crippen LogP contribution < -0.4 is 0 Å². The summed E-state index contributed by atoms with van der Waals surface area (Å²) in [5.74, 6) is 2.87. The fourth-order valence-electron chi connectivity index (χ4n) is 5.64. The van der Waals surface area contributed by atoms with Gasteiger partial charge in [0.05, 0.1) is 5.60 Å². The molecule has 0 amide bonds. The number of hydrogen-bond acceptors (Lipinski definition) is 1. The molecule has 0 aliphatic heterocycles. The molecule has 1 aromatic rings. The Balaban J connectivity index is 1.71. The van der Waals surface area contributed by atoms with E-state index in [9.17, 15) is 5.11 Å². The summed E-state index contributed by atoms with van der Waals surface area (Å²) in [4.78, 5) is 0. The van der Waals surface area contributed by atoms with E-state index < -0.39 is 5.60 Å². The van der Waals surface area contributed by atoms with E-state index in [4.69, 9.17) is 0 Å². The number of benzene rings is 1. The monoisotopic (exact) mass is 270 g/mol. The van der Waals surface area contributed by atoms with Gasteiger partial charge in [-0.1, -0.05) is 37.6 Å². The van der Waals surface area contributed by atoms with Crippen LogP contribution >= 0.6 is 0 Å². The molecule has 0 aromatic heterocycles. The number of aryl methyl sites for hydroxylation is 1. The summed E-state index contributed by atoms with van der Waals surface area (Å²) in [5.41, 5.74) is 2.10. The molecule has 0 unspecified atom stereocenters. The van der Waals surface area contributed by atoms with Gasteiger partial charge >= 0.3 is 0 Å². The topological polar surface area (TPSA) is 20.2 Å². The summed E-state index contributed by atoms with van der Waals surface area (Å²) >= 11 is 0. The van der Waals surface area contributed by atoms with Crippen molar-refractivity contribution in [2.75, 3.05) is 0 Å². The van der Waals surface area contributed by atoms with E-state index in [1.54, 1.807) is 0 Å². The highest BCUT2D eigenvalue weighted by Crippen LogP contribution is 2.61. The zero-order chi connectivity index (χ0) is 13.7. The summed E-state index contributed by atoms with van der Waals surface area (Å²) in [5, 5.41) is 11.6. The zero-order valence-electron chi connectivity index (χ0n) is 12.5. The Kier molecular flexibility index (Phi) is 2.96. The minimum absolute atomic E-state index is 0.517. The SMILES string of the molecule is CCCc1cccc(C2(O)C3CC4CC(C3)CC2C4)c1. The molecule has 4 aliphatic rings. The maximum absolute atomic E-state index is 11.6. The Morgan fingerprint density at radius 3 is 2.30 bits per heavy atom. The van der Waals surface area contributed by atoms with E-state index in [0.717, 1.165) is 18.3 Å². The molecule has 0 heterocycles. The second-order valence-electron chi connectivity index (χ2n) is 7.58. The van der Waals surface area contributed by atoms with Crippen LogP contribution in [-0.2, 0) is 12.0 Å². The van der Waals surface area contributed by atoms with Crippen molar-refractivity contribution in [1.29, 1.82) is 0 Å². The van der Waals surface area contributed by atoms with Gasteiger partial charge in [-0.2, -0.15) is 0 Å². The lowest BCUT2D eigenvalue weighted by Crippen LogP contribution is -2.55. The first-order valence-electron chi connectivity index (χ1n) is 8.52. The van der Waals surface area contributed by atoms with Crippen LogP contribution in [0.3, 0.4) is 0 Å². The molecule has 0 atom stereocenters. The highest BCUT2D eigenvalue weighted by atomic mass is 16.3. The van der Waals surface area contributed by atoms with Crippen molar-refractivity contribution < 1.29 is 5.11 Å². The summed E-state index contributed by atoms with van der Waals surface area (Å²) < 4.78 is 0. The molecular formula is C19H26O. The Morgan fingerprint density at radius 2 is 1.70 bits per heavy atom. The van der Waals surface area contributed by atoms with Gasteiger partial charge in [0.25, 0.3) is 0 Å². The second-order valence-corrected chi connectivity index (χ2v) is 7.58. The fourth-order valence-corrected chi connectivity index (χ4v) is 5.64. The molecule has 0 radical (unpaired) electrons. The van der Waals surface area contributed by atoms with Crippen LogP contribution in [0.25, 0.3) is 0 Å². The summed E-state index contributed by atoms with van der Waals surface area (Å²) in [7, 11) is 0. The molecule has 1 N–H and O–H groups in total. The quantitative estimate of drug-likeness (QED) is 0.869. The Labute approximate surface area is 122 Å². The number of aliphatic hydroxyl groups is 1. The first-order valence-corrected chi connectivity index (χ1v) is 8.52. The van der Waals surface area contributed by atoms with Crippen LogP contribution in [0.5, 0.6) is 0 Å². The molecule has 0 spiro atoms. The molecule has 5 rings (SSSR count). The molecule has 1 heteroatoms. The average molecular weight is 270 g/mol. The van der Waals surface area contributed by atoms with Crippen molar-refractivity contribution in [2.45, 2.75) is 57.5 Å². The number of rotatable bonds is 3. The molecule has 1 nitrogen and oxygen atoms in total. The van der Waals surface area contributed by atoms with E-state index in [-0.39, 0.29) is 0 Å². The van der Waals surface area contributed by atoms with Crippen LogP contribution in [0.1, 0.15) is 56.6 Å². The highest BCUT2D eigenvalue weighted by molar-refractivity contribution is 5.32. The van der Waals surface area contributed by atoms with Gasteiger partial charge in [0.1, 0.15) is 0 Å². The van der Waals surface area contributed by atoms with Gasteiger partial charge in [0.15, 0.2) is 0 Å². The lowest BCUT2D eigenvalue weighted by Gasteiger charge is -2.59. The van der Waals surface area contributed by atoms with E-state index in [1.807, 2.05) is 0 Å². The van der Waals surface area contributed by atoms with Crippen LogP contribution in [0.4, 0.5) is 0 Å². The maximum atomic E-state index is 11.6. The summed E-state index contributed by atoms with van der Waals surface area (Å²) in [6.45, 7) is 2.23. The van der Waals surface area contributed by atoms with Gasteiger partial charge in [0.2, 0.25) is 0 Å². The summed E-state index contributed by atoms with van der Waals surface area (Å²) in [6, 6.07) is 8.85. The predicted molar refractivity (Wildman–Crippen MR) is 81.4 cm³/mol. The Bertz CT molecular complexity index is 476. The van der Waals surface area contributed by atoms with Gasteiger partial charge in [-0.15, -0.1) is 0 Å².